The van der Waals surface area contributed by atoms with Gasteiger partial charge in [0.2, 0.25) is 11.8 Å². The fraction of sp³-hybridized carbons (Fsp3) is 0.267. The monoisotopic (exact) mass is 539 g/mol. The topological polar surface area (TPSA) is 141 Å². The van der Waals surface area contributed by atoms with Crippen molar-refractivity contribution in [2.45, 2.75) is 25.7 Å². The van der Waals surface area contributed by atoms with Crippen molar-refractivity contribution in [3.05, 3.63) is 82.5 Å². The lowest BCUT2D eigenvalue weighted by Crippen LogP contribution is -2.40. The molecule has 4 aliphatic rings. The van der Waals surface area contributed by atoms with Crippen molar-refractivity contribution in [3.8, 4) is 11.5 Å². The summed E-state index contributed by atoms with van der Waals surface area (Å²) >= 11 is 0. The van der Waals surface area contributed by atoms with Crippen LogP contribution in [0.2, 0.25) is 0 Å². The number of fused-ring (bicyclic) bond motifs is 3. The van der Waals surface area contributed by atoms with Gasteiger partial charge in [0.1, 0.15) is 11.5 Å². The van der Waals surface area contributed by atoms with Gasteiger partial charge in [-0.2, -0.15) is 0 Å². The number of rotatable bonds is 4. The zero-order valence-electron chi connectivity index (χ0n) is 21.8. The lowest BCUT2D eigenvalue weighted by atomic mass is 9.59. The molecular weight excluding hydrogens is 513 g/mol. The Bertz CT molecular complexity index is 1600. The molecule has 202 valence electrons. The molecule has 40 heavy (non-hydrogen) atoms. The van der Waals surface area contributed by atoms with Crippen LogP contribution in [0.3, 0.4) is 0 Å². The van der Waals surface area contributed by atoms with E-state index in [1.807, 2.05) is 6.08 Å². The summed E-state index contributed by atoms with van der Waals surface area (Å²) in [5.74, 6) is -4.19. The Morgan fingerprint density at radius 3 is 2.48 bits per heavy atom. The SMILES string of the molecule is COc1cccc(O)c1[C@H]1C2=CC[C@@H]3C(=O)N(c4cccc(B(O)O)c4)C(=O)[C@@H]3[C@@H]2CC2=C1C(=O)C=C(C)C2=O. The summed E-state index contributed by atoms with van der Waals surface area (Å²) in [4.78, 5) is 55.5. The molecule has 1 heterocycles. The second-order valence-electron chi connectivity index (χ2n) is 10.6. The number of phenolic OH excluding ortho intramolecular Hbond substituents is 1. The predicted molar refractivity (Wildman–Crippen MR) is 145 cm³/mol. The molecule has 3 aliphatic carbocycles. The van der Waals surface area contributed by atoms with Crippen LogP contribution in [0, 0.1) is 17.8 Å². The summed E-state index contributed by atoms with van der Waals surface area (Å²) in [7, 11) is -0.321. The molecule has 10 heteroatoms. The smallest absolute Gasteiger partial charge is 0.488 e. The molecule has 4 atom stereocenters. The first-order valence-corrected chi connectivity index (χ1v) is 13.0. The van der Waals surface area contributed by atoms with Crippen LogP contribution in [0.5, 0.6) is 11.5 Å². The normalized spacial score (nSPS) is 25.8. The van der Waals surface area contributed by atoms with Crippen molar-refractivity contribution in [2.24, 2.45) is 17.8 Å². The van der Waals surface area contributed by atoms with Gasteiger partial charge in [0.15, 0.2) is 11.6 Å². The van der Waals surface area contributed by atoms with Crippen LogP contribution >= 0.6 is 0 Å². The van der Waals surface area contributed by atoms with E-state index in [1.54, 1.807) is 25.1 Å². The Hall–Kier alpha value is -4.28. The molecule has 3 N–H and O–H groups in total. The third-order valence-corrected chi connectivity index (χ3v) is 8.54. The average molecular weight is 539 g/mol. The number of anilines is 1. The first-order chi connectivity index (χ1) is 19.1. The lowest BCUT2D eigenvalue weighted by Gasteiger charge is -2.42. The van der Waals surface area contributed by atoms with Gasteiger partial charge in [0.25, 0.3) is 0 Å². The molecule has 9 nitrogen and oxygen atoms in total. The van der Waals surface area contributed by atoms with Gasteiger partial charge >= 0.3 is 7.12 Å². The molecule has 0 bridgehead atoms. The highest BCUT2D eigenvalue weighted by atomic mass is 16.5. The molecule has 1 saturated heterocycles. The van der Waals surface area contributed by atoms with Gasteiger partial charge in [-0.15, -0.1) is 0 Å². The molecule has 1 aliphatic heterocycles. The van der Waals surface area contributed by atoms with Gasteiger partial charge in [0.05, 0.1) is 24.6 Å². The maximum atomic E-state index is 14.0. The van der Waals surface area contributed by atoms with Crippen molar-refractivity contribution in [2.75, 3.05) is 12.0 Å². The van der Waals surface area contributed by atoms with Gasteiger partial charge in [-0.3, -0.25) is 24.1 Å². The Balaban J connectivity index is 1.50. The van der Waals surface area contributed by atoms with Gasteiger partial charge in [-0.1, -0.05) is 29.8 Å². The molecule has 0 spiro atoms. The number of benzene rings is 2. The molecule has 2 aromatic rings. The molecular formula is C30H26BNO8. The van der Waals surface area contributed by atoms with Crippen LogP contribution in [-0.2, 0) is 19.2 Å². The first-order valence-electron chi connectivity index (χ1n) is 13.0. The second-order valence-corrected chi connectivity index (χ2v) is 10.6. The minimum absolute atomic E-state index is 0.104. The number of hydrogen-bond acceptors (Lipinski definition) is 8. The number of amides is 2. The van der Waals surface area contributed by atoms with E-state index in [4.69, 9.17) is 4.74 Å². The van der Waals surface area contributed by atoms with Crippen LogP contribution < -0.4 is 15.1 Å². The predicted octanol–water partition coefficient (Wildman–Crippen LogP) is 1.71. The quantitative estimate of drug-likeness (QED) is 0.231. The summed E-state index contributed by atoms with van der Waals surface area (Å²) in [6.07, 6.45) is 3.50. The number of aromatic hydroxyl groups is 1. The zero-order valence-corrected chi connectivity index (χ0v) is 21.8. The molecule has 0 radical (unpaired) electrons. The number of ketones is 2. The molecule has 0 unspecified atom stereocenters. The summed E-state index contributed by atoms with van der Waals surface area (Å²) in [5.41, 5.74) is 2.23. The Labute approximate surface area is 230 Å². The van der Waals surface area contributed by atoms with Gasteiger partial charge in [-0.25, -0.2) is 0 Å². The summed E-state index contributed by atoms with van der Waals surface area (Å²) in [5, 5.41) is 30.2. The van der Waals surface area contributed by atoms with Crippen molar-refractivity contribution < 1.29 is 39.1 Å². The molecule has 0 saturated carbocycles. The fourth-order valence-corrected chi connectivity index (χ4v) is 6.79. The molecule has 6 rings (SSSR count). The minimum atomic E-state index is -1.77. The molecule has 2 aromatic carbocycles. The number of carbonyl (C=O) groups excluding carboxylic acids is 4. The lowest BCUT2D eigenvalue weighted by molar-refractivity contribution is -0.123. The number of methoxy groups -OCH3 is 1. The average Bonchev–Trinajstić information content (AvgIpc) is 3.20. The van der Waals surface area contributed by atoms with Crippen molar-refractivity contribution in [1.29, 1.82) is 0 Å². The largest absolute Gasteiger partial charge is 0.507 e. The second kappa shape index (κ2) is 9.43. The van der Waals surface area contributed by atoms with E-state index in [2.05, 4.69) is 0 Å². The van der Waals surface area contributed by atoms with E-state index < -0.39 is 42.6 Å². The number of allylic oxidation sites excluding steroid dienone is 6. The number of phenols is 1. The molecule has 1 fully saturated rings. The van der Waals surface area contributed by atoms with Crippen molar-refractivity contribution >= 4 is 41.6 Å². The standard InChI is InChI=1S/C30H26BNO8/c1-14-11-22(34)25-20(28(14)35)13-19-17(26(25)27-21(33)7-4-8-23(27)40-2)9-10-18-24(19)30(37)32(29(18)36)16-6-3-5-15(12-16)31(38)39/h3-9,11-12,18-19,24,26,33,38-39H,10,13H2,1-2H3/t18-,19+,24-,26-/m0/s1. The van der Waals surface area contributed by atoms with E-state index in [1.165, 1.54) is 37.5 Å². The Kier molecular flexibility index (Phi) is 6.12. The van der Waals surface area contributed by atoms with Crippen LogP contribution in [0.25, 0.3) is 0 Å². The number of Topliss-reactive ketones (excluding diaryl/α,β-unsaturated/α-hetero) is 1. The van der Waals surface area contributed by atoms with E-state index in [0.717, 1.165) is 4.90 Å². The minimum Gasteiger partial charge on any atom is -0.507 e. The third-order valence-electron chi connectivity index (χ3n) is 8.54. The van der Waals surface area contributed by atoms with Gasteiger partial charge in [-0.05, 0) is 61.5 Å². The number of hydrogen-bond donors (Lipinski definition) is 3. The summed E-state index contributed by atoms with van der Waals surface area (Å²) < 4.78 is 5.56. The molecule has 0 aromatic heterocycles. The fourth-order valence-electron chi connectivity index (χ4n) is 6.79. The van der Waals surface area contributed by atoms with Crippen LogP contribution in [0.15, 0.2) is 76.9 Å². The maximum absolute atomic E-state index is 14.0. The van der Waals surface area contributed by atoms with E-state index in [-0.39, 0.29) is 52.5 Å². The van der Waals surface area contributed by atoms with Gasteiger partial charge in [0, 0.05) is 28.2 Å². The Morgan fingerprint density at radius 2 is 1.75 bits per heavy atom. The van der Waals surface area contributed by atoms with Crippen LogP contribution in [-0.4, -0.2) is 52.8 Å². The van der Waals surface area contributed by atoms with Gasteiger partial charge < -0.3 is 19.9 Å². The zero-order chi connectivity index (χ0) is 28.5. The van der Waals surface area contributed by atoms with Crippen LogP contribution in [0.1, 0.15) is 31.2 Å². The Morgan fingerprint density at radius 1 is 1.00 bits per heavy atom. The number of imide groups is 1. The van der Waals surface area contributed by atoms with E-state index in [9.17, 15) is 34.3 Å². The number of ether oxygens (including phenoxy) is 1. The maximum Gasteiger partial charge on any atom is 0.488 e. The number of carbonyl (C=O) groups is 4. The van der Waals surface area contributed by atoms with Crippen molar-refractivity contribution in [1.82, 2.24) is 0 Å². The first kappa shape index (κ1) is 26.0. The molecule has 2 amide bonds. The summed E-state index contributed by atoms with van der Waals surface area (Å²) in [6, 6.07) is 10.7. The highest BCUT2D eigenvalue weighted by molar-refractivity contribution is 6.58. The third kappa shape index (κ3) is 3.71. The number of nitrogens with zero attached hydrogens (tertiary/aromatic N) is 1. The van der Waals surface area contributed by atoms with E-state index >= 15 is 0 Å². The van der Waals surface area contributed by atoms with E-state index in [0.29, 0.717) is 22.5 Å². The van der Waals surface area contributed by atoms with Crippen LogP contribution in [0.4, 0.5) is 5.69 Å². The van der Waals surface area contributed by atoms with Crippen molar-refractivity contribution in [3.63, 3.8) is 0 Å². The highest BCUT2D eigenvalue weighted by Gasteiger charge is 2.57. The summed E-state index contributed by atoms with van der Waals surface area (Å²) in [6.45, 7) is 1.57. The highest BCUT2D eigenvalue weighted by Crippen LogP contribution is 2.57.